The van der Waals surface area contributed by atoms with Crippen molar-refractivity contribution in [2.75, 3.05) is 6.54 Å². The van der Waals surface area contributed by atoms with Gasteiger partial charge in [0.25, 0.3) is 5.69 Å². The first kappa shape index (κ1) is 12.9. The number of nitrogens with zero attached hydrogens (tertiary/aromatic N) is 1. The number of rotatable bonds is 5. The summed E-state index contributed by atoms with van der Waals surface area (Å²) in [5.74, 6) is 0. The number of benzene rings is 1. The zero-order valence-corrected chi connectivity index (χ0v) is 9.57. The van der Waals surface area contributed by atoms with Crippen molar-refractivity contribution in [2.45, 2.75) is 19.6 Å². The Morgan fingerprint density at radius 1 is 1.62 bits per heavy atom. The van der Waals surface area contributed by atoms with Crippen LogP contribution in [0.5, 0.6) is 0 Å². The summed E-state index contributed by atoms with van der Waals surface area (Å²) in [6, 6.07) is 4.64. The zero-order chi connectivity index (χ0) is 12.1. The van der Waals surface area contributed by atoms with Gasteiger partial charge in [-0.05, 0) is 18.6 Å². The lowest BCUT2D eigenvalue weighted by Crippen LogP contribution is -2.23. The van der Waals surface area contributed by atoms with E-state index < -0.39 is 11.0 Å². The molecule has 5 nitrogen and oxygen atoms in total. The summed E-state index contributed by atoms with van der Waals surface area (Å²) in [4.78, 5) is 10.1. The van der Waals surface area contributed by atoms with Crippen LogP contribution in [0, 0.1) is 10.1 Å². The Bertz CT molecular complexity index is 382. The molecule has 0 radical (unpaired) electrons. The topological polar surface area (TPSA) is 75.4 Å². The van der Waals surface area contributed by atoms with Gasteiger partial charge in [-0.1, -0.05) is 17.7 Å². The standard InChI is InChI=1S/C10H13ClN2O3/c1-7(14)5-12-6-8-2-3-9(11)10(4-8)13(15)16/h2-4,7,12,14H,5-6H2,1H3. The van der Waals surface area contributed by atoms with Gasteiger partial charge in [0.1, 0.15) is 5.02 Å². The molecule has 1 atom stereocenters. The summed E-state index contributed by atoms with van der Waals surface area (Å²) in [5, 5.41) is 22.7. The second kappa shape index (κ2) is 5.79. The van der Waals surface area contributed by atoms with Crippen molar-refractivity contribution >= 4 is 17.3 Å². The predicted molar refractivity (Wildman–Crippen MR) is 61.5 cm³/mol. The summed E-state index contributed by atoms with van der Waals surface area (Å²) in [6.07, 6.45) is -0.442. The predicted octanol–water partition coefficient (Wildman–Crippen LogP) is 1.72. The van der Waals surface area contributed by atoms with Crippen LogP contribution in [0.1, 0.15) is 12.5 Å². The third kappa shape index (κ3) is 3.77. The second-order valence-corrected chi connectivity index (χ2v) is 3.93. The summed E-state index contributed by atoms with van der Waals surface area (Å²) >= 11 is 5.67. The van der Waals surface area contributed by atoms with Gasteiger partial charge >= 0.3 is 0 Å². The molecule has 16 heavy (non-hydrogen) atoms. The number of nitro groups is 1. The molecule has 0 fully saturated rings. The maximum Gasteiger partial charge on any atom is 0.288 e. The van der Waals surface area contributed by atoms with E-state index in [4.69, 9.17) is 16.7 Å². The van der Waals surface area contributed by atoms with E-state index in [-0.39, 0.29) is 10.7 Å². The van der Waals surface area contributed by atoms with Gasteiger partial charge in [0, 0.05) is 19.2 Å². The molecule has 0 saturated heterocycles. The van der Waals surface area contributed by atoms with E-state index in [1.54, 1.807) is 13.0 Å². The Kier molecular flexibility index (Phi) is 4.67. The fourth-order valence-corrected chi connectivity index (χ4v) is 1.42. The van der Waals surface area contributed by atoms with Crippen molar-refractivity contribution in [2.24, 2.45) is 0 Å². The molecule has 0 saturated carbocycles. The number of nitro benzene ring substituents is 1. The Labute approximate surface area is 98.2 Å². The van der Waals surface area contributed by atoms with Gasteiger partial charge in [0.05, 0.1) is 11.0 Å². The quantitative estimate of drug-likeness (QED) is 0.611. The third-order valence-corrected chi connectivity index (χ3v) is 2.30. The van der Waals surface area contributed by atoms with Crippen molar-refractivity contribution in [3.05, 3.63) is 38.9 Å². The van der Waals surface area contributed by atoms with Gasteiger partial charge in [0.15, 0.2) is 0 Å². The van der Waals surface area contributed by atoms with Crippen LogP contribution in [0.4, 0.5) is 5.69 Å². The first-order valence-corrected chi connectivity index (χ1v) is 5.20. The summed E-state index contributed by atoms with van der Waals surface area (Å²) < 4.78 is 0. The minimum Gasteiger partial charge on any atom is -0.392 e. The van der Waals surface area contributed by atoms with Gasteiger partial charge in [0.2, 0.25) is 0 Å². The highest BCUT2D eigenvalue weighted by Crippen LogP contribution is 2.24. The number of hydrogen-bond donors (Lipinski definition) is 2. The van der Waals surface area contributed by atoms with Crippen LogP contribution in [0.25, 0.3) is 0 Å². The fourth-order valence-electron chi connectivity index (χ4n) is 1.23. The average molecular weight is 245 g/mol. The Hall–Kier alpha value is -1.17. The molecular formula is C10H13ClN2O3. The van der Waals surface area contributed by atoms with Gasteiger partial charge in [-0.3, -0.25) is 10.1 Å². The molecule has 1 aromatic rings. The van der Waals surface area contributed by atoms with E-state index in [9.17, 15) is 10.1 Å². The molecular weight excluding hydrogens is 232 g/mol. The first-order chi connectivity index (χ1) is 7.50. The van der Waals surface area contributed by atoms with E-state index in [2.05, 4.69) is 5.32 Å². The van der Waals surface area contributed by atoms with Gasteiger partial charge in [-0.15, -0.1) is 0 Å². The van der Waals surface area contributed by atoms with E-state index in [1.807, 2.05) is 0 Å². The van der Waals surface area contributed by atoms with Gasteiger partial charge < -0.3 is 10.4 Å². The highest BCUT2D eigenvalue weighted by atomic mass is 35.5. The van der Waals surface area contributed by atoms with Crippen LogP contribution in [0.2, 0.25) is 5.02 Å². The molecule has 0 aliphatic rings. The number of aliphatic hydroxyl groups excluding tert-OH is 1. The molecule has 0 heterocycles. The summed E-state index contributed by atoms with van der Waals surface area (Å²) in [7, 11) is 0. The molecule has 0 aromatic heterocycles. The van der Waals surface area contributed by atoms with Crippen LogP contribution in [-0.4, -0.2) is 22.7 Å². The van der Waals surface area contributed by atoms with Crippen LogP contribution < -0.4 is 5.32 Å². The number of hydrogen-bond acceptors (Lipinski definition) is 4. The number of halogens is 1. The van der Waals surface area contributed by atoms with Crippen LogP contribution in [0.3, 0.4) is 0 Å². The molecule has 1 unspecified atom stereocenters. The van der Waals surface area contributed by atoms with Gasteiger partial charge in [-0.25, -0.2) is 0 Å². The molecule has 2 N–H and O–H groups in total. The smallest absolute Gasteiger partial charge is 0.288 e. The van der Waals surface area contributed by atoms with E-state index in [1.165, 1.54) is 12.1 Å². The average Bonchev–Trinajstić information content (AvgIpc) is 2.19. The Morgan fingerprint density at radius 2 is 2.31 bits per heavy atom. The van der Waals surface area contributed by atoms with E-state index in [0.29, 0.717) is 13.1 Å². The molecule has 1 aromatic carbocycles. The maximum absolute atomic E-state index is 10.6. The molecule has 6 heteroatoms. The Balaban J connectivity index is 2.68. The van der Waals surface area contributed by atoms with Gasteiger partial charge in [-0.2, -0.15) is 0 Å². The largest absolute Gasteiger partial charge is 0.392 e. The lowest BCUT2D eigenvalue weighted by molar-refractivity contribution is -0.384. The van der Waals surface area contributed by atoms with Crippen LogP contribution >= 0.6 is 11.6 Å². The highest BCUT2D eigenvalue weighted by Gasteiger charge is 2.12. The maximum atomic E-state index is 10.6. The normalized spacial score (nSPS) is 12.4. The Morgan fingerprint density at radius 3 is 2.88 bits per heavy atom. The summed E-state index contributed by atoms with van der Waals surface area (Å²) in [6.45, 7) is 2.57. The van der Waals surface area contributed by atoms with Crippen LogP contribution in [0.15, 0.2) is 18.2 Å². The summed E-state index contributed by atoms with van der Waals surface area (Å²) in [5.41, 5.74) is 0.662. The SMILES string of the molecule is CC(O)CNCc1ccc(Cl)c([N+](=O)[O-])c1. The number of aliphatic hydroxyl groups is 1. The van der Waals surface area contributed by atoms with Crippen LogP contribution in [-0.2, 0) is 6.54 Å². The molecule has 0 bridgehead atoms. The number of nitrogens with one attached hydrogen (secondary N) is 1. The molecule has 1 rings (SSSR count). The zero-order valence-electron chi connectivity index (χ0n) is 8.81. The molecule has 0 aliphatic heterocycles. The highest BCUT2D eigenvalue weighted by molar-refractivity contribution is 6.32. The molecule has 88 valence electrons. The molecule has 0 aliphatic carbocycles. The lowest BCUT2D eigenvalue weighted by atomic mass is 10.2. The van der Waals surface area contributed by atoms with Crippen molar-refractivity contribution < 1.29 is 10.0 Å². The van der Waals surface area contributed by atoms with Crippen molar-refractivity contribution in [1.82, 2.24) is 5.32 Å². The lowest BCUT2D eigenvalue weighted by Gasteiger charge is -2.07. The molecule has 0 spiro atoms. The molecule has 0 amide bonds. The van der Waals surface area contributed by atoms with Crippen molar-refractivity contribution in [1.29, 1.82) is 0 Å². The van der Waals surface area contributed by atoms with Crippen molar-refractivity contribution in [3.63, 3.8) is 0 Å². The minimum absolute atomic E-state index is 0.0991. The van der Waals surface area contributed by atoms with E-state index >= 15 is 0 Å². The third-order valence-electron chi connectivity index (χ3n) is 1.98. The van der Waals surface area contributed by atoms with Crippen molar-refractivity contribution in [3.8, 4) is 0 Å². The second-order valence-electron chi connectivity index (χ2n) is 3.52. The minimum atomic E-state index is -0.513. The fraction of sp³-hybridized carbons (Fsp3) is 0.400. The monoisotopic (exact) mass is 244 g/mol. The first-order valence-electron chi connectivity index (χ1n) is 4.82. The van der Waals surface area contributed by atoms with E-state index in [0.717, 1.165) is 5.56 Å².